The number of aryl methyl sites for hydroxylation is 1. The van der Waals surface area contributed by atoms with Crippen LogP contribution in [0.3, 0.4) is 0 Å². The van der Waals surface area contributed by atoms with Gasteiger partial charge in [0, 0.05) is 11.8 Å². The van der Waals surface area contributed by atoms with Crippen molar-refractivity contribution in [3.05, 3.63) is 18.1 Å². The first kappa shape index (κ1) is 12.4. The van der Waals surface area contributed by atoms with E-state index < -0.39 is 12.0 Å². The molecule has 0 spiro atoms. The molecule has 0 bridgehead atoms. The van der Waals surface area contributed by atoms with Gasteiger partial charge in [0.15, 0.2) is 0 Å². The van der Waals surface area contributed by atoms with Crippen LogP contribution in [-0.4, -0.2) is 33.6 Å². The van der Waals surface area contributed by atoms with Crippen molar-refractivity contribution in [1.29, 1.82) is 0 Å². The van der Waals surface area contributed by atoms with E-state index in [4.69, 9.17) is 5.73 Å². The molecule has 1 aromatic heterocycles. The van der Waals surface area contributed by atoms with Crippen LogP contribution in [0.1, 0.15) is 19.0 Å². The Morgan fingerprint density at radius 3 is 3.00 bits per heavy atom. The second-order valence-corrected chi connectivity index (χ2v) is 3.44. The number of primary amides is 1. The molecule has 4 N–H and O–H groups in total. The van der Waals surface area contributed by atoms with Gasteiger partial charge in [-0.2, -0.15) is 0 Å². The topological polar surface area (TPSA) is 101 Å². The van der Waals surface area contributed by atoms with Crippen LogP contribution in [0.15, 0.2) is 12.4 Å². The SMILES string of the molecule is CCCc1cc(NCC(O)C(N)=O)ncn1. The molecule has 1 amide bonds. The summed E-state index contributed by atoms with van der Waals surface area (Å²) in [4.78, 5) is 18.6. The third-order valence-electron chi connectivity index (χ3n) is 2.03. The number of anilines is 1. The van der Waals surface area contributed by atoms with Crippen LogP contribution < -0.4 is 11.1 Å². The van der Waals surface area contributed by atoms with Crippen molar-refractivity contribution < 1.29 is 9.90 Å². The maximum absolute atomic E-state index is 10.6. The fourth-order valence-corrected chi connectivity index (χ4v) is 1.19. The standard InChI is InChI=1S/C10H16N4O2/c1-2-3-7-4-9(14-6-13-7)12-5-8(15)10(11)16/h4,6,8,15H,2-3,5H2,1H3,(H2,11,16)(H,12,13,14). The van der Waals surface area contributed by atoms with Crippen molar-refractivity contribution >= 4 is 11.7 Å². The Labute approximate surface area is 93.9 Å². The summed E-state index contributed by atoms with van der Waals surface area (Å²) in [6, 6.07) is 1.79. The van der Waals surface area contributed by atoms with Crippen molar-refractivity contribution in [1.82, 2.24) is 9.97 Å². The number of carbonyl (C=O) groups is 1. The molecule has 16 heavy (non-hydrogen) atoms. The van der Waals surface area contributed by atoms with Crippen LogP contribution in [0.5, 0.6) is 0 Å². The fraction of sp³-hybridized carbons (Fsp3) is 0.500. The van der Waals surface area contributed by atoms with Crippen molar-refractivity contribution in [2.45, 2.75) is 25.9 Å². The number of aromatic nitrogens is 2. The van der Waals surface area contributed by atoms with E-state index in [9.17, 15) is 9.90 Å². The Hall–Kier alpha value is -1.69. The van der Waals surface area contributed by atoms with E-state index in [1.165, 1.54) is 6.33 Å². The highest BCUT2D eigenvalue weighted by Crippen LogP contribution is 2.05. The van der Waals surface area contributed by atoms with Gasteiger partial charge in [0.2, 0.25) is 5.91 Å². The molecule has 0 aliphatic rings. The number of hydrogen-bond donors (Lipinski definition) is 3. The average molecular weight is 224 g/mol. The highest BCUT2D eigenvalue weighted by Gasteiger charge is 2.10. The molecule has 0 fully saturated rings. The predicted molar refractivity (Wildman–Crippen MR) is 59.7 cm³/mol. The molecular formula is C10H16N4O2. The summed E-state index contributed by atoms with van der Waals surface area (Å²) in [5.74, 6) is -0.172. The van der Waals surface area contributed by atoms with Crippen LogP contribution in [0.4, 0.5) is 5.82 Å². The minimum Gasteiger partial charge on any atom is -0.381 e. The number of aliphatic hydroxyl groups is 1. The molecule has 1 atom stereocenters. The summed E-state index contributed by atoms with van der Waals surface area (Å²) in [5, 5.41) is 12.0. The Kier molecular flexibility index (Phi) is 4.65. The van der Waals surface area contributed by atoms with Crippen molar-refractivity contribution in [3.8, 4) is 0 Å². The average Bonchev–Trinajstić information content (AvgIpc) is 2.26. The molecule has 6 heteroatoms. The first-order valence-electron chi connectivity index (χ1n) is 5.15. The lowest BCUT2D eigenvalue weighted by Gasteiger charge is -2.09. The minimum absolute atomic E-state index is 0.0535. The number of nitrogens with zero attached hydrogens (tertiary/aromatic N) is 2. The maximum Gasteiger partial charge on any atom is 0.248 e. The van der Waals surface area contributed by atoms with E-state index in [0.29, 0.717) is 5.82 Å². The molecule has 1 heterocycles. The first-order valence-corrected chi connectivity index (χ1v) is 5.15. The zero-order valence-electron chi connectivity index (χ0n) is 9.18. The predicted octanol–water partition coefficient (Wildman–Crippen LogP) is -0.313. The fourth-order valence-electron chi connectivity index (χ4n) is 1.19. The molecule has 0 saturated heterocycles. The molecule has 0 radical (unpaired) electrons. The zero-order valence-corrected chi connectivity index (χ0v) is 9.18. The van der Waals surface area contributed by atoms with Gasteiger partial charge in [0.25, 0.3) is 0 Å². The largest absolute Gasteiger partial charge is 0.381 e. The van der Waals surface area contributed by atoms with Gasteiger partial charge in [-0.3, -0.25) is 4.79 Å². The van der Waals surface area contributed by atoms with E-state index in [-0.39, 0.29) is 6.54 Å². The lowest BCUT2D eigenvalue weighted by Crippen LogP contribution is -2.34. The quantitative estimate of drug-likeness (QED) is 0.615. The van der Waals surface area contributed by atoms with Gasteiger partial charge in [0.05, 0.1) is 6.54 Å². The Morgan fingerprint density at radius 2 is 2.38 bits per heavy atom. The summed E-state index contributed by atoms with van der Waals surface area (Å²) in [6.45, 7) is 2.12. The second-order valence-electron chi connectivity index (χ2n) is 3.44. The van der Waals surface area contributed by atoms with Gasteiger partial charge < -0.3 is 16.2 Å². The van der Waals surface area contributed by atoms with E-state index in [2.05, 4.69) is 22.2 Å². The Balaban J connectivity index is 2.53. The van der Waals surface area contributed by atoms with Crippen molar-refractivity contribution in [2.75, 3.05) is 11.9 Å². The molecule has 0 aromatic carbocycles. The van der Waals surface area contributed by atoms with Crippen molar-refractivity contribution in [3.63, 3.8) is 0 Å². The molecule has 6 nitrogen and oxygen atoms in total. The van der Waals surface area contributed by atoms with Crippen LogP contribution in [0.2, 0.25) is 0 Å². The van der Waals surface area contributed by atoms with Gasteiger partial charge in [-0.15, -0.1) is 0 Å². The summed E-state index contributed by atoms with van der Waals surface area (Å²) >= 11 is 0. The summed E-state index contributed by atoms with van der Waals surface area (Å²) < 4.78 is 0. The first-order chi connectivity index (χ1) is 7.63. The Morgan fingerprint density at radius 1 is 1.62 bits per heavy atom. The van der Waals surface area contributed by atoms with Gasteiger partial charge in [-0.25, -0.2) is 9.97 Å². The molecular weight excluding hydrogens is 208 g/mol. The van der Waals surface area contributed by atoms with Crippen LogP contribution in [0.25, 0.3) is 0 Å². The van der Waals surface area contributed by atoms with E-state index in [0.717, 1.165) is 18.5 Å². The number of amides is 1. The maximum atomic E-state index is 10.6. The number of rotatable bonds is 6. The molecule has 1 unspecified atom stereocenters. The summed E-state index contributed by atoms with van der Waals surface area (Å²) in [6.07, 6.45) is 2.12. The van der Waals surface area contributed by atoms with E-state index in [1.54, 1.807) is 6.07 Å². The second kappa shape index (κ2) is 6.02. The van der Waals surface area contributed by atoms with Gasteiger partial charge >= 0.3 is 0 Å². The number of carbonyl (C=O) groups excluding carboxylic acids is 1. The van der Waals surface area contributed by atoms with Crippen LogP contribution >= 0.6 is 0 Å². The van der Waals surface area contributed by atoms with Crippen LogP contribution in [-0.2, 0) is 11.2 Å². The lowest BCUT2D eigenvalue weighted by atomic mass is 10.2. The molecule has 1 rings (SSSR count). The zero-order chi connectivity index (χ0) is 12.0. The summed E-state index contributed by atoms with van der Waals surface area (Å²) in [5.41, 5.74) is 5.84. The number of aliphatic hydroxyl groups excluding tert-OH is 1. The normalized spacial score (nSPS) is 12.1. The smallest absolute Gasteiger partial charge is 0.248 e. The minimum atomic E-state index is -1.20. The highest BCUT2D eigenvalue weighted by atomic mass is 16.3. The highest BCUT2D eigenvalue weighted by molar-refractivity contribution is 5.79. The number of nitrogens with two attached hydrogens (primary N) is 1. The molecule has 0 aliphatic heterocycles. The van der Waals surface area contributed by atoms with Gasteiger partial charge in [0.1, 0.15) is 18.2 Å². The number of hydrogen-bond acceptors (Lipinski definition) is 5. The lowest BCUT2D eigenvalue weighted by molar-refractivity contribution is -0.125. The van der Waals surface area contributed by atoms with Gasteiger partial charge in [-0.05, 0) is 6.42 Å². The summed E-state index contributed by atoms with van der Waals surface area (Å²) in [7, 11) is 0. The van der Waals surface area contributed by atoms with E-state index >= 15 is 0 Å². The van der Waals surface area contributed by atoms with Crippen LogP contribution in [0, 0.1) is 0 Å². The third-order valence-corrected chi connectivity index (χ3v) is 2.03. The molecule has 1 aromatic rings. The monoisotopic (exact) mass is 224 g/mol. The number of nitrogens with one attached hydrogen (secondary N) is 1. The molecule has 88 valence electrons. The van der Waals surface area contributed by atoms with Crippen molar-refractivity contribution in [2.24, 2.45) is 5.73 Å². The Bertz CT molecular complexity index is 356. The molecule has 0 saturated carbocycles. The van der Waals surface area contributed by atoms with Gasteiger partial charge in [-0.1, -0.05) is 13.3 Å². The van der Waals surface area contributed by atoms with E-state index in [1.807, 2.05) is 0 Å². The molecule has 0 aliphatic carbocycles. The third kappa shape index (κ3) is 3.82.